The van der Waals surface area contributed by atoms with Crippen LogP contribution in [0.4, 0.5) is 5.82 Å². The molecule has 21 heavy (non-hydrogen) atoms. The van der Waals surface area contributed by atoms with Crippen LogP contribution >= 0.6 is 0 Å². The van der Waals surface area contributed by atoms with Crippen LogP contribution in [0.1, 0.15) is 12.5 Å². The van der Waals surface area contributed by atoms with Crippen molar-refractivity contribution in [1.29, 1.82) is 0 Å². The van der Waals surface area contributed by atoms with E-state index in [4.69, 9.17) is 5.73 Å². The average Bonchev–Trinajstić information content (AvgIpc) is 2.80. The summed E-state index contributed by atoms with van der Waals surface area (Å²) in [6, 6.07) is 9.80. The summed E-state index contributed by atoms with van der Waals surface area (Å²) in [6.45, 7) is 2.61. The number of nitrogens with zero attached hydrogens (tertiary/aromatic N) is 3. The van der Waals surface area contributed by atoms with Crippen LogP contribution in [0.25, 0.3) is 0 Å². The molecule has 2 N–H and O–H groups in total. The van der Waals surface area contributed by atoms with Gasteiger partial charge in [-0.3, -0.25) is 0 Å². The minimum atomic E-state index is -3.63. The number of anilines is 1. The molecule has 0 aliphatic heterocycles. The summed E-state index contributed by atoms with van der Waals surface area (Å²) in [5.41, 5.74) is 6.79. The number of imidazole rings is 1. The van der Waals surface area contributed by atoms with E-state index in [1.54, 1.807) is 7.05 Å². The number of likely N-dealkylation sites (N-methyl/N-ethyl adjacent to an activating group) is 1. The topological polar surface area (TPSA) is 81.2 Å². The highest BCUT2D eigenvalue weighted by Crippen LogP contribution is 2.20. The van der Waals surface area contributed by atoms with Gasteiger partial charge in [0, 0.05) is 20.1 Å². The number of rotatable bonds is 6. The highest BCUT2D eigenvalue weighted by molar-refractivity contribution is 7.89. The van der Waals surface area contributed by atoms with Crippen LogP contribution in [0, 0.1) is 0 Å². The van der Waals surface area contributed by atoms with Crippen LogP contribution < -0.4 is 5.73 Å². The van der Waals surface area contributed by atoms with Crippen molar-refractivity contribution in [1.82, 2.24) is 13.9 Å². The van der Waals surface area contributed by atoms with E-state index in [9.17, 15) is 8.42 Å². The summed E-state index contributed by atoms with van der Waals surface area (Å²) >= 11 is 0. The summed E-state index contributed by atoms with van der Waals surface area (Å²) in [7, 11) is -2.00. The van der Waals surface area contributed by atoms with Crippen LogP contribution in [0.2, 0.25) is 0 Å². The molecule has 0 fully saturated rings. The van der Waals surface area contributed by atoms with Gasteiger partial charge in [-0.15, -0.1) is 0 Å². The van der Waals surface area contributed by atoms with Gasteiger partial charge in [0.15, 0.2) is 10.8 Å². The molecular formula is C14H20N4O2S. The van der Waals surface area contributed by atoms with Crippen LogP contribution in [0.15, 0.2) is 41.7 Å². The predicted octanol–water partition coefficient (Wildman–Crippen LogP) is 1.26. The Balaban J connectivity index is 2.21. The fourth-order valence-corrected chi connectivity index (χ4v) is 3.86. The highest BCUT2D eigenvalue weighted by Gasteiger charge is 2.28. The molecule has 0 saturated carbocycles. The quantitative estimate of drug-likeness (QED) is 0.871. The van der Waals surface area contributed by atoms with E-state index in [-0.39, 0.29) is 10.8 Å². The molecule has 7 heteroatoms. The predicted molar refractivity (Wildman–Crippen MR) is 82.2 cm³/mol. The minimum Gasteiger partial charge on any atom is -0.381 e. The maximum Gasteiger partial charge on any atom is 0.262 e. The molecule has 6 nitrogen and oxygen atoms in total. The van der Waals surface area contributed by atoms with Gasteiger partial charge in [-0.05, 0) is 12.0 Å². The second kappa shape index (κ2) is 6.28. The number of aryl methyl sites for hydroxylation is 1. The Hall–Kier alpha value is -1.86. The molecular weight excluding hydrogens is 288 g/mol. The van der Waals surface area contributed by atoms with Gasteiger partial charge in [0.1, 0.15) is 0 Å². The van der Waals surface area contributed by atoms with Crippen LogP contribution in [0.3, 0.4) is 0 Å². The van der Waals surface area contributed by atoms with Gasteiger partial charge >= 0.3 is 0 Å². The van der Waals surface area contributed by atoms with Crippen molar-refractivity contribution in [3.05, 3.63) is 42.2 Å². The molecule has 0 aliphatic carbocycles. The van der Waals surface area contributed by atoms with Gasteiger partial charge in [0.2, 0.25) is 0 Å². The second-order valence-electron chi connectivity index (χ2n) is 4.78. The molecule has 0 aliphatic rings. The lowest BCUT2D eigenvalue weighted by Crippen LogP contribution is -2.34. The third kappa shape index (κ3) is 3.25. The highest BCUT2D eigenvalue weighted by atomic mass is 32.2. The number of benzene rings is 1. The number of aromatic nitrogens is 2. The number of nitrogens with two attached hydrogens (primary N) is 1. The zero-order chi connectivity index (χ0) is 15.5. The average molecular weight is 308 g/mol. The Morgan fingerprint density at radius 3 is 2.48 bits per heavy atom. The largest absolute Gasteiger partial charge is 0.381 e. The maximum absolute atomic E-state index is 12.7. The maximum atomic E-state index is 12.7. The first-order valence-corrected chi connectivity index (χ1v) is 8.21. The molecule has 0 atom stereocenters. The molecule has 0 saturated heterocycles. The van der Waals surface area contributed by atoms with Gasteiger partial charge in [0.05, 0.1) is 6.33 Å². The molecule has 1 aromatic heterocycles. The van der Waals surface area contributed by atoms with Crippen molar-refractivity contribution in [3.63, 3.8) is 0 Å². The van der Waals surface area contributed by atoms with E-state index >= 15 is 0 Å². The lowest BCUT2D eigenvalue weighted by Gasteiger charge is -2.20. The van der Waals surface area contributed by atoms with Gasteiger partial charge in [-0.2, -0.15) is 4.31 Å². The van der Waals surface area contributed by atoms with Crippen LogP contribution in [-0.2, 0) is 23.5 Å². The van der Waals surface area contributed by atoms with Gasteiger partial charge in [0.25, 0.3) is 10.0 Å². The molecule has 0 unspecified atom stereocenters. The zero-order valence-corrected chi connectivity index (χ0v) is 13.0. The normalized spacial score (nSPS) is 12.0. The standard InChI is InChI=1S/C14H20N4O2S/c1-3-18(10-9-12-7-5-4-6-8-12)21(19,20)14-13(15)16-11-17(14)2/h4-8,11H,3,9-10,15H2,1-2H3. The summed E-state index contributed by atoms with van der Waals surface area (Å²) in [5, 5.41) is 0.0532. The lowest BCUT2D eigenvalue weighted by molar-refractivity contribution is 0.426. The lowest BCUT2D eigenvalue weighted by atomic mass is 10.1. The fourth-order valence-electron chi connectivity index (χ4n) is 2.22. The molecule has 0 spiro atoms. The van der Waals surface area contributed by atoms with Crippen molar-refractivity contribution >= 4 is 15.8 Å². The number of nitrogen functional groups attached to an aromatic ring is 1. The summed E-state index contributed by atoms with van der Waals surface area (Å²) in [6.07, 6.45) is 2.07. The van der Waals surface area contributed by atoms with Crippen molar-refractivity contribution < 1.29 is 8.42 Å². The molecule has 2 aromatic rings. The monoisotopic (exact) mass is 308 g/mol. The van der Waals surface area contributed by atoms with E-state index in [2.05, 4.69) is 4.98 Å². The molecule has 2 rings (SSSR count). The third-order valence-corrected chi connectivity index (χ3v) is 5.45. The third-order valence-electron chi connectivity index (χ3n) is 3.34. The molecule has 114 valence electrons. The molecule has 0 amide bonds. The number of hydrogen-bond acceptors (Lipinski definition) is 4. The van der Waals surface area contributed by atoms with Gasteiger partial charge in [-0.25, -0.2) is 13.4 Å². The van der Waals surface area contributed by atoms with E-state index in [1.165, 1.54) is 15.2 Å². The first kappa shape index (κ1) is 15.5. The minimum absolute atomic E-state index is 0.0376. The zero-order valence-electron chi connectivity index (χ0n) is 12.2. The summed E-state index contributed by atoms with van der Waals surface area (Å²) in [5.74, 6) is 0.0376. The number of hydrogen-bond donors (Lipinski definition) is 1. The first-order valence-electron chi connectivity index (χ1n) is 6.77. The van der Waals surface area contributed by atoms with E-state index in [0.29, 0.717) is 19.5 Å². The molecule has 0 radical (unpaired) electrons. The van der Waals surface area contributed by atoms with E-state index < -0.39 is 10.0 Å². The van der Waals surface area contributed by atoms with Crippen molar-refractivity contribution in [2.45, 2.75) is 18.4 Å². The molecule has 1 aromatic carbocycles. The van der Waals surface area contributed by atoms with E-state index in [1.807, 2.05) is 37.3 Å². The first-order chi connectivity index (χ1) is 9.96. The second-order valence-corrected chi connectivity index (χ2v) is 6.63. The van der Waals surface area contributed by atoms with Crippen LogP contribution in [0.5, 0.6) is 0 Å². The molecule has 0 bridgehead atoms. The SMILES string of the molecule is CCN(CCc1ccccc1)S(=O)(=O)c1c(N)ncn1C. The Kier molecular flexibility index (Phi) is 4.64. The van der Waals surface area contributed by atoms with Crippen LogP contribution in [-0.4, -0.2) is 35.4 Å². The Bertz CT molecular complexity index is 676. The Morgan fingerprint density at radius 2 is 1.95 bits per heavy atom. The fraction of sp³-hybridized carbons (Fsp3) is 0.357. The smallest absolute Gasteiger partial charge is 0.262 e. The Labute approximate surface area is 125 Å². The van der Waals surface area contributed by atoms with Crippen molar-refractivity contribution in [3.8, 4) is 0 Å². The van der Waals surface area contributed by atoms with Crippen molar-refractivity contribution in [2.75, 3.05) is 18.8 Å². The summed E-state index contributed by atoms with van der Waals surface area (Å²) in [4.78, 5) is 3.85. The van der Waals surface area contributed by atoms with Gasteiger partial charge in [-0.1, -0.05) is 37.3 Å². The van der Waals surface area contributed by atoms with Gasteiger partial charge < -0.3 is 10.3 Å². The number of sulfonamides is 1. The Morgan fingerprint density at radius 1 is 1.29 bits per heavy atom. The van der Waals surface area contributed by atoms with E-state index in [0.717, 1.165) is 5.56 Å². The van der Waals surface area contributed by atoms with Crippen molar-refractivity contribution in [2.24, 2.45) is 7.05 Å². The molecule has 1 heterocycles. The summed E-state index contributed by atoms with van der Waals surface area (Å²) < 4.78 is 28.2.